The maximum atomic E-state index is 12.9. The van der Waals surface area contributed by atoms with Gasteiger partial charge in [0.15, 0.2) is 0 Å². The highest BCUT2D eigenvalue weighted by Crippen LogP contribution is 2.23. The monoisotopic (exact) mass is 318 g/mol. The molecule has 1 aromatic heterocycles. The van der Waals surface area contributed by atoms with Crippen LogP contribution in [0.15, 0.2) is 36.7 Å². The molecule has 122 valence electrons. The molecule has 1 aliphatic rings. The minimum Gasteiger partial charge on any atom is -0.386 e. The second kappa shape index (κ2) is 6.45. The number of amides is 1. The van der Waals surface area contributed by atoms with Crippen LogP contribution in [0.5, 0.6) is 0 Å². The molecule has 1 aromatic carbocycles. The summed E-state index contributed by atoms with van der Waals surface area (Å²) in [7, 11) is 0. The minimum absolute atomic E-state index is 0.0617. The molecule has 1 atom stereocenters. The van der Waals surface area contributed by atoms with Crippen molar-refractivity contribution in [1.82, 2.24) is 19.9 Å². The molecule has 0 spiro atoms. The summed E-state index contributed by atoms with van der Waals surface area (Å²) in [5, 5.41) is 18.3. The molecule has 1 aliphatic heterocycles. The third-order valence-electron chi connectivity index (χ3n) is 4.10. The van der Waals surface area contributed by atoms with Crippen molar-refractivity contribution < 1.29 is 14.3 Å². The molecule has 1 unspecified atom stereocenters. The number of piperidine rings is 1. The van der Waals surface area contributed by atoms with Crippen molar-refractivity contribution in [3.8, 4) is 0 Å². The molecule has 6 nitrogen and oxygen atoms in total. The first-order chi connectivity index (χ1) is 11.0. The van der Waals surface area contributed by atoms with Crippen LogP contribution < -0.4 is 0 Å². The lowest BCUT2D eigenvalue weighted by Crippen LogP contribution is -2.52. The second-order valence-electron chi connectivity index (χ2n) is 6.05. The van der Waals surface area contributed by atoms with Gasteiger partial charge in [-0.3, -0.25) is 4.79 Å². The summed E-state index contributed by atoms with van der Waals surface area (Å²) in [5.74, 6) is -0.380. The lowest BCUT2D eigenvalue weighted by Gasteiger charge is -2.39. The van der Waals surface area contributed by atoms with Gasteiger partial charge in [0.25, 0.3) is 0 Å². The van der Waals surface area contributed by atoms with E-state index >= 15 is 0 Å². The second-order valence-corrected chi connectivity index (χ2v) is 6.05. The fraction of sp³-hybridized carbons (Fsp3) is 0.438. The van der Waals surface area contributed by atoms with Gasteiger partial charge in [-0.1, -0.05) is 17.3 Å². The van der Waals surface area contributed by atoms with E-state index in [-0.39, 0.29) is 24.7 Å². The minimum atomic E-state index is -0.996. The highest BCUT2D eigenvalue weighted by molar-refractivity contribution is 5.79. The SMILES string of the molecule is O=C(Cc1ccc(F)cc1)N1CCCC(O)(Cn2ccnn2)C1. The number of likely N-dealkylation sites (tertiary alicyclic amines) is 1. The molecule has 0 bridgehead atoms. The molecule has 2 aromatic rings. The first kappa shape index (κ1) is 15.6. The third-order valence-corrected chi connectivity index (χ3v) is 4.10. The predicted molar refractivity (Wildman–Crippen MR) is 80.9 cm³/mol. The predicted octanol–water partition coefficient (Wildman–Crippen LogP) is 1.01. The van der Waals surface area contributed by atoms with Gasteiger partial charge in [-0.05, 0) is 30.5 Å². The number of hydrogen-bond donors (Lipinski definition) is 1. The van der Waals surface area contributed by atoms with Crippen LogP contribution in [0.4, 0.5) is 4.39 Å². The van der Waals surface area contributed by atoms with Crippen LogP contribution in [0, 0.1) is 5.82 Å². The molecule has 0 radical (unpaired) electrons. The van der Waals surface area contributed by atoms with E-state index in [1.165, 1.54) is 12.1 Å². The molecular formula is C16H19FN4O2. The van der Waals surface area contributed by atoms with Gasteiger partial charge in [-0.25, -0.2) is 9.07 Å². The number of nitrogens with zero attached hydrogens (tertiary/aromatic N) is 4. The number of aromatic nitrogens is 3. The normalized spacial score (nSPS) is 21.4. The highest BCUT2D eigenvalue weighted by Gasteiger charge is 2.35. The van der Waals surface area contributed by atoms with Gasteiger partial charge >= 0.3 is 0 Å². The summed E-state index contributed by atoms with van der Waals surface area (Å²) in [6, 6.07) is 5.91. The Balaban J connectivity index is 1.63. The third kappa shape index (κ3) is 3.92. The molecule has 23 heavy (non-hydrogen) atoms. The molecule has 0 saturated carbocycles. The van der Waals surface area contributed by atoms with Gasteiger partial charge in [-0.15, -0.1) is 5.10 Å². The number of benzene rings is 1. The van der Waals surface area contributed by atoms with E-state index in [4.69, 9.17) is 0 Å². The fourth-order valence-corrected chi connectivity index (χ4v) is 2.96. The van der Waals surface area contributed by atoms with Crippen molar-refractivity contribution in [1.29, 1.82) is 0 Å². The Morgan fingerprint density at radius 3 is 2.83 bits per heavy atom. The molecule has 1 fully saturated rings. The number of hydrogen-bond acceptors (Lipinski definition) is 4. The Kier molecular flexibility index (Phi) is 4.38. The van der Waals surface area contributed by atoms with E-state index in [9.17, 15) is 14.3 Å². The first-order valence-corrected chi connectivity index (χ1v) is 7.63. The highest BCUT2D eigenvalue weighted by atomic mass is 19.1. The van der Waals surface area contributed by atoms with Crippen LogP contribution >= 0.6 is 0 Å². The number of carbonyl (C=O) groups is 1. The maximum absolute atomic E-state index is 12.9. The number of aliphatic hydroxyl groups is 1. The van der Waals surface area contributed by atoms with Crippen LogP contribution in [-0.2, 0) is 17.8 Å². The van der Waals surface area contributed by atoms with Crippen molar-refractivity contribution in [2.75, 3.05) is 13.1 Å². The zero-order valence-corrected chi connectivity index (χ0v) is 12.7. The lowest BCUT2D eigenvalue weighted by molar-refractivity contribution is -0.138. The zero-order valence-electron chi connectivity index (χ0n) is 12.7. The molecule has 2 heterocycles. The van der Waals surface area contributed by atoms with Gasteiger partial charge in [0, 0.05) is 12.7 Å². The summed E-state index contributed by atoms with van der Waals surface area (Å²) < 4.78 is 14.5. The van der Waals surface area contributed by atoms with Crippen LogP contribution in [0.3, 0.4) is 0 Å². The van der Waals surface area contributed by atoms with Gasteiger partial charge in [0.1, 0.15) is 11.4 Å². The average Bonchev–Trinajstić information content (AvgIpc) is 3.02. The molecule has 1 amide bonds. The molecule has 7 heteroatoms. The van der Waals surface area contributed by atoms with E-state index in [0.717, 1.165) is 12.0 Å². The Hall–Kier alpha value is -2.28. The number of rotatable bonds is 4. The van der Waals surface area contributed by atoms with Crippen molar-refractivity contribution in [3.05, 3.63) is 48.0 Å². The fourth-order valence-electron chi connectivity index (χ4n) is 2.96. The topological polar surface area (TPSA) is 71.2 Å². The van der Waals surface area contributed by atoms with Gasteiger partial charge < -0.3 is 10.0 Å². The van der Waals surface area contributed by atoms with E-state index < -0.39 is 5.60 Å². The largest absolute Gasteiger partial charge is 0.386 e. The number of halogens is 1. The van der Waals surface area contributed by atoms with E-state index in [1.807, 2.05) is 0 Å². The lowest BCUT2D eigenvalue weighted by atomic mass is 9.92. The van der Waals surface area contributed by atoms with Crippen LogP contribution in [-0.4, -0.2) is 49.6 Å². The maximum Gasteiger partial charge on any atom is 0.227 e. The summed E-state index contributed by atoms with van der Waals surface area (Å²) in [5.41, 5.74) is -0.230. The van der Waals surface area contributed by atoms with E-state index in [2.05, 4.69) is 10.3 Å². The van der Waals surface area contributed by atoms with Crippen molar-refractivity contribution in [2.24, 2.45) is 0 Å². The molecule has 0 aliphatic carbocycles. The Morgan fingerprint density at radius 1 is 1.35 bits per heavy atom. The van der Waals surface area contributed by atoms with Crippen molar-refractivity contribution >= 4 is 5.91 Å². The van der Waals surface area contributed by atoms with Gasteiger partial charge in [0.2, 0.25) is 5.91 Å². The molecule has 1 saturated heterocycles. The standard InChI is InChI=1S/C16H19FN4O2/c17-14-4-2-13(3-5-14)10-15(22)20-8-1-6-16(23,11-20)12-21-9-7-18-19-21/h2-5,7,9,23H,1,6,8,10-12H2. The summed E-state index contributed by atoms with van der Waals surface area (Å²) in [6.45, 7) is 1.21. The van der Waals surface area contributed by atoms with E-state index in [1.54, 1.807) is 34.1 Å². The molecule has 3 rings (SSSR count). The summed E-state index contributed by atoms with van der Waals surface area (Å²) in [4.78, 5) is 14.1. The first-order valence-electron chi connectivity index (χ1n) is 7.63. The van der Waals surface area contributed by atoms with Crippen molar-refractivity contribution in [2.45, 2.75) is 31.4 Å². The van der Waals surface area contributed by atoms with E-state index in [0.29, 0.717) is 19.5 Å². The Labute approximate surface area is 133 Å². The van der Waals surface area contributed by atoms with Crippen LogP contribution in [0.2, 0.25) is 0 Å². The van der Waals surface area contributed by atoms with Gasteiger partial charge in [-0.2, -0.15) is 0 Å². The number of β-amino-alcohol motifs (C(OH)–C–C–N with tert-alkyl or cyclic N) is 1. The van der Waals surface area contributed by atoms with Crippen LogP contribution in [0.25, 0.3) is 0 Å². The zero-order chi connectivity index (χ0) is 16.3. The summed E-state index contributed by atoms with van der Waals surface area (Å²) >= 11 is 0. The van der Waals surface area contributed by atoms with Crippen LogP contribution in [0.1, 0.15) is 18.4 Å². The average molecular weight is 318 g/mol. The van der Waals surface area contributed by atoms with Gasteiger partial charge in [0.05, 0.1) is 25.7 Å². The Bertz CT molecular complexity index is 659. The molecule has 1 N–H and O–H groups in total. The smallest absolute Gasteiger partial charge is 0.227 e. The van der Waals surface area contributed by atoms with Crippen molar-refractivity contribution in [3.63, 3.8) is 0 Å². The number of carbonyl (C=O) groups excluding carboxylic acids is 1. The summed E-state index contributed by atoms with van der Waals surface area (Å²) in [6.07, 6.45) is 4.81. The quantitative estimate of drug-likeness (QED) is 0.913. The Morgan fingerprint density at radius 2 is 2.13 bits per heavy atom. The molecular weight excluding hydrogens is 299 g/mol.